The van der Waals surface area contributed by atoms with Gasteiger partial charge in [-0.1, -0.05) is 0 Å². The van der Waals surface area contributed by atoms with Gasteiger partial charge in [0, 0.05) is 12.7 Å². The zero-order valence-corrected chi connectivity index (χ0v) is 11.3. The first-order valence-corrected chi connectivity index (χ1v) is 5.96. The van der Waals surface area contributed by atoms with E-state index in [-0.39, 0.29) is 23.6 Å². The summed E-state index contributed by atoms with van der Waals surface area (Å²) >= 11 is 0. The molecule has 0 saturated carbocycles. The number of carbonyl (C=O) groups excluding carboxylic acids is 1. The molecule has 110 valence electrons. The first-order chi connectivity index (χ1) is 9.92. The topological polar surface area (TPSA) is 88.5 Å². The molecule has 0 saturated heterocycles. The van der Waals surface area contributed by atoms with Crippen molar-refractivity contribution in [3.05, 3.63) is 29.2 Å². The number of aromatic nitrogens is 4. The van der Waals surface area contributed by atoms with Gasteiger partial charge in [0.2, 0.25) is 5.91 Å². The van der Waals surface area contributed by atoms with Crippen LogP contribution in [0.5, 0.6) is 0 Å². The molecule has 2 aromatic rings. The van der Waals surface area contributed by atoms with E-state index in [0.717, 1.165) is 0 Å². The van der Waals surface area contributed by atoms with Gasteiger partial charge in [0.1, 0.15) is 29.7 Å². The highest BCUT2D eigenvalue weighted by molar-refractivity contribution is 5.90. The molecule has 2 aromatic heterocycles. The van der Waals surface area contributed by atoms with Crippen LogP contribution in [0.25, 0.3) is 0 Å². The number of hydrogen-bond donors (Lipinski definition) is 1. The summed E-state index contributed by atoms with van der Waals surface area (Å²) in [5.41, 5.74) is 0.292. The molecule has 0 radical (unpaired) electrons. The van der Waals surface area contributed by atoms with Crippen molar-refractivity contribution in [3.8, 4) is 6.07 Å². The van der Waals surface area contributed by atoms with Crippen LogP contribution in [0.1, 0.15) is 23.4 Å². The van der Waals surface area contributed by atoms with Crippen LogP contribution in [0.15, 0.2) is 12.3 Å². The summed E-state index contributed by atoms with van der Waals surface area (Å²) in [6, 6.07) is 3.12. The molecule has 0 aliphatic heterocycles. The van der Waals surface area contributed by atoms with Crippen molar-refractivity contribution in [2.75, 3.05) is 5.32 Å². The van der Waals surface area contributed by atoms with Crippen LogP contribution in [0.3, 0.4) is 0 Å². The standard InChI is InChI=1S/C12H12F2N6O/c1-7-3-9(11(13)14)18-20(7)6-10(21)17-12-8(4-15)5-16-19(12)2/h3,5,11H,6H2,1-2H3,(H,17,21). The van der Waals surface area contributed by atoms with Gasteiger partial charge in [-0.15, -0.1) is 0 Å². The van der Waals surface area contributed by atoms with Crippen LogP contribution < -0.4 is 5.32 Å². The second-order valence-corrected chi connectivity index (χ2v) is 4.36. The van der Waals surface area contributed by atoms with Gasteiger partial charge >= 0.3 is 0 Å². The van der Waals surface area contributed by atoms with Gasteiger partial charge in [-0.2, -0.15) is 15.5 Å². The first-order valence-electron chi connectivity index (χ1n) is 5.96. The molecule has 0 aromatic carbocycles. The predicted octanol–water partition coefficient (Wildman–Crippen LogP) is 1.37. The summed E-state index contributed by atoms with van der Waals surface area (Å²) in [5.74, 6) is -0.233. The molecule has 1 amide bonds. The highest BCUT2D eigenvalue weighted by atomic mass is 19.3. The predicted molar refractivity (Wildman–Crippen MR) is 68.5 cm³/mol. The van der Waals surface area contributed by atoms with Crippen LogP contribution in [-0.4, -0.2) is 25.5 Å². The lowest BCUT2D eigenvalue weighted by atomic mass is 10.3. The second-order valence-electron chi connectivity index (χ2n) is 4.36. The third-order valence-electron chi connectivity index (χ3n) is 2.83. The minimum atomic E-state index is -2.68. The number of amides is 1. The molecule has 2 heterocycles. The number of nitrogens with zero attached hydrogens (tertiary/aromatic N) is 5. The van der Waals surface area contributed by atoms with Crippen LogP contribution in [-0.2, 0) is 18.4 Å². The maximum absolute atomic E-state index is 12.5. The van der Waals surface area contributed by atoms with Crippen molar-refractivity contribution in [2.24, 2.45) is 7.05 Å². The number of nitrogens with one attached hydrogen (secondary N) is 1. The molecule has 0 atom stereocenters. The van der Waals surface area contributed by atoms with Gasteiger partial charge in [-0.3, -0.25) is 14.2 Å². The van der Waals surface area contributed by atoms with Crippen molar-refractivity contribution in [2.45, 2.75) is 19.9 Å². The molecule has 1 N–H and O–H groups in total. The minimum Gasteiger partial charge on any atom is -0.308 e. The highest BCUT2D eigenvalue weighted by Gasteiger charge is 2.16. The maximum Gasteiger partial charge on any atom is 0.282 e. The summed E-state index contributed by atoms with van der Waals surface area (Å²) in [6.07, 6.45) is -1.36. The smallest absolute Gasteiger partial charge is 0.282 e. The van der Waals surface area contributed by atoms with Gasteiger partial charge in [-0.05, 0) is 13.0 Å². The van der Waals surface area contributed by atoms with Crippen molar-refractivity contribution < 1.29 is 13.6 Å². The molecule has 21 heavy (non-hydrogen) atoms. The zero-order chi connectivity index (χ0) is 15.6. The lowest BCUT2D eigenvalue weighted by Gasteiger charge is -2.07. The highest BCUT2D eigenvalue weighted by Crippen LogP contribution is 2.18. The van der Waals surface area contributed by atoms with E-state index in [0.29, 0.717) is 5.69 Å². The van der Waals surface area contributed by atoms with E-state index >= 15 is 0 Å². The van der Waals surface area contributed by atoms with Gasteiger partial charge < -0.3 is 5.32 Å². The molecule has 0 aliphatic carbocycles. The van der Waals surface area contributed by atoms with Crippen molar-refractivity contribution in [3.63, 3.8) is 0 Å². The van der Waals surface area contributed by atoms with Crippen molar-refractivity contribution >= 4 is 11.7 Å². The number of carbonyl (C=O) groups is 1. The number of nitriles is 1. The van der Waals surface area contributed by atoms with E-state index in [1.807, 2.05) is 6.07 Å². The fourth-order valence-electron chi connectivity index (χ4n) is 1.78. The van der Waals surface area contributed by atoms with E-state index in [9.17, 15) is 13.6 Å². The fraction of sp³-hybridized carbons (Fsp3) is 0.333. The van der Waals surface area contributed by atoms with Gasteiger partial charge in [-0.25, -0.2) is 8.78 Å². The lowest BCUT2D eigenvalue weighted by Crippen LogP contribution is -2.22. The third-order valence-corrected chi connectivity index (χ3v) is 2.83. The molecule has 0 unspecified atom stereocenters. The normalized spacial score (nSPS) is 10.7. The molecule has 9 heteroatoms. The molecule has 2 rings (SSSR count). The zero-order valence-electron chi connectivity index (χ0n) is 11.3. The first kappa shape index (κ1) is 14.6. The Bertz CT molecular complexity index is 712. The van der Waals surface area contributed by atoms with E-state index in [2.05, 4.69) is 15.5 Å². The minimum absolute atomic E-state index is 0.219. The second kappa shape index (κ2) is 5.70. The monoisotopic (exact) mass is 294 g/mol. The van der Waals surface area contributed by atoms with E-state index < -0.39 is 12.3 Å². The van der Waals surface area contributed by atoms with Gasteiger partial charge in [0.15, 0.2) is 0 Å². The van der Waals surface area contributed by atoms with Crippen molar-refractivity contribution in [1.82, 2.24) is 19.6 Å². The molecule has 7 nitrogen and oxygen atoms in total. The Kier molecular flexibility index (Phi) is 3.98. The number of aryl methyl sites for hydroxylation is 2. The fourth-order valence-corrected chi connectivity index (χ4v) is 1.78. The summed E-state index contributed by atoms with van der Waals surface area (Å²) in [5, 5.41) is 18.9. The SMILES string of the molecule is Cc1cc(C(F)F)nn1CC(=O)Nc1c(C#N)cnn1C. The Morgan fingerprint density at radius 1 is 1.57 bits per heavy atom. The lowest BCUT2D eigenvalue weighted by molar-refractivity contribution is -0.117. The summed E-state index contributed by atoms with van der Waals surface area (Å²) in [7, 11) is 1.57. The molecule has 0 aliphatic rings. The quantitative estimate of drug-likeness (QED) is 0.922. The summed E-state index contributed by atoms with van der Waals surface area (Å²) in [4.78, 5) is 11.9. The number of alkyl halides is 2. The van der Waals surface area contributed by atoms with Crippen LogP contribution in [0, 0.1) is 18.3 Å². The number of halogens is 2. The Hall–Kier alpha value is -2.76. The van der Waals surface area contributed by atoms with Crippen LogP contribution >= 0.6 is 0 Å². The maximum atomic E-state index is 12.5. The number of rotatable bonds is 4. The Balaban J connectivity index is 2.12. The number of anilines is 1. The number of hydrogen-bond acceptors (Lipinski definition) is 4. The summed E-state index contributed by atoms with van der Waals surface area (Å²) in [6.45, 7) is 1.35. The average molecular weight is 294 g/mol. The molecule has 0 spiro atoms. The van der Waals surface area contributed by atoms with Crippen LogP contribution in [0.4, 0.5) is 14.6 Å². The molecule has 0 bridgehead atoms. The Morgan fingerprint density at radius 2 is 2.29 bits per heavy atom. The summed E-state index contributed by atoms with van der Waals surface area (Å²) < 4.78 is 27.6. The van der Waals surface area contributed by atoms with Gasteiger partial charge in [0.05, 0.1) is 6.20 Å². The Morgan fingerprint density at radius 3 is 2.86 bits per heavy atom. The molecular weight excluding hydrogens is 282 g/mol. The van der Waals surface area contributed by atoms with Gasteiger partial charge in [0.25, 0.3) is 6.43 Å². The average Bonchev–Trinajstić information content (AvgIpc) is 2.95. The third kappa shape index (κ3) is 3.05. The molecule has 0 fully saturated rings. The largest absolute Gasteiger partial charge is 0.308 e. The van der Waals surface area contributed by atoms with Crippen molar-refractivity contribution in [1.29, 1.82) is 5.26 Å². The van der Waals surface area contributed by atoms with Crippen LogP contribution in [0.2, 0.25) is 0 Å². The van der Waals surface area contributed by atoms with E-state index in [1.165, 1.54) is 21.6 Å². The Labute approximate surface area is 118 Å². The van der Waals surface area contributed by atoms with E-state index in [4.69, 9.17) is 5.26 Å². The van der Waals surface area contributed by atoms with E-state index in [1.54, 1.807) is 14.0 Å². The molecular formula is C12H12F2N6O.